The molecule has 0 aliphatic rings. The van der Waals surface area contributed by atoms with Gasteiger partial charge in [-0.15, -0.1) is 0 Å². The number of ether oxygens (including phenoxy) is 1. The molecule has 1 unspecified atom stereocenters. The fourth-order valence-electron chi connectivity index (χ4n) is 2.97. The molecule has 2 aromatic rings. The first-order valence-corrected chi connectivity index (χ1v) is 10.4. The number of carbonyl (C=O) groups is 2. The van der Waals surface area contributed by atoms with Crippen molar-refractivity contribution < 1.29 is 14.3 Å². The number of hydrogen-bond acceptors (Lipinski definition) is 4. The molecule has 0 fully saturated rings. The van der Waals surface area contributed by atoms with Crippen LogP contribution in [0.1, 0.15) is 45.6 Å². The Labute approximate surface area is 179 Å². The topological polar surface area (TPSA) is 93.4 Å². The van der Waals surface area contributed by atoms with Gasteiger partial charge in [0.15, 0.2) is 0 Å². The summed E-state index contributed by atoms with van der Waals surface area (Å²) in [5, 5.41) is 5.60. The van der Waals surface area contributed by atoms with Crippen molar-refractivity contribution in [1.82, 2.24) is 10.6 Å². The number of benzene rings is 2. The van der Waals surface area contributed by atoms with E-state index in [4.69, 9.17) is 10.5 Å². The van der Waals surface area contributed by atoms with Crippen molar-refractivity contribution in [3.05, 3.63) is 60.2 Å². The van der Waals surface area contributed by atoms with Gasteiger partial charge < -0.3 is 21.1 Å². The van der Waals surface area contributed by atoms with E-state index in [2.05, 4.69) is 22.8 Å². The number of rotatable bonds is 9. The van der Waals surface area contributed by atoms with Crippen molar-refractivity contribution >= 4 is 12.0 Å². The van der Waals surface area contributed by atoms with Crippen LogP contribution in [0.3, 0.4) is 0 Å². The lowest BCUT2D eigenvalue weighted by Crippen LogP contribution is -2.48. The molecule has 6 nitrogen and oxygen atoms in total. The van der Waals surface area contributed by atoms with E-state index in [-0.39, 0.29) is 5.91 Å². The van der Waals surface area contributed by atoms with Crippen molar-refractivity contribution in [2.75, 3.05) is 6.54 Å². The summed E-state index contributed by atoms with van der Waals surface area (Å²) in [6.07, 6.45) is 1.45. The smallest absolute Gasteiger partial charge is 0.408 e. The van der Waals surface area contributed by atoms with Crippen molar-refractivity contribution in [1.29, 1.82) is 0 Å². The van der Waals surface area contributed by atoms with Gasteiger partial charge in [-0.1, -0.05) is 54.6 Å². The summed E-state index contributed by atoms with van der Waals surface area (Å²) in [5.41, 5.74) is 8.19. The molecule has 1 atom stereocenters. The van der Waals surface area contributed by atoms with Crippen LogP contribution in [0.25, 0.3) is 11.1 Å². The number of nitrogens with one attached hydrogen (secondary N) is 2. The Kier molecular flexibility index (Phi) is 8.87. The Balaban J connectivity index is 1.94. The van der Waals surface area contributed by atoms with Crippen LogP contribution in [0.5, 0.6) is 0 Å². The average molecular weight is 412 g/mol. The van der Waals surface area contributed by atoms with Crippen molar-refractivity contribution in [2.45, 2.75) is 58.2 Å². The third kappa shape index (κ3) is 8.25. The fraction of sp³-hybridized carbons (Fsp3) is 0.417. The SMILES string of the molecule is CC(C)(C)OC(=O)NC(CCCCN)C(=O)NCc1ccc(-c2ccccc2)cc1. The third-order valence-corrected chi connectivity index (χ3v) is 4.48. The van der Waals surface area contributed by atoms with Gasteiger partial charge in [-0.3, -0.25) is 4.79 Å². The molecular weight excluding hydrogens is 378 g/mol. The molecule has 2 aromatic carbocycles. The van der Waals surface area contributed by atoms with E-state index in [0.29, 0.717) is 19.5 Å². The number of nitrogens with two attached hydrogens (primary N) is 1. The predicted molar refractivity (Wildman–Crippen MR) is 120 cm³/mol. The lowest BCUT2D eigenvalue weighted by molar-refractivity contribution is -0.123. The largest absolute Gasteiger partial charge is 0.444 e. The van der Waals surface area contributed by atoms with Crippen LogP contribution in [-0.4, -0.2) is 30.2 Å². The molecule has 0 saturated carbocycles. The molecular formula is C24H33N3O3. The second-order valence-corrected chi connectivity index (χ2v) is 8.26. The molecule has 4 N–H and O–H groups in total. The zero-order chi connectivity index (χ0) is 22.0. The van der Waals surface area contributed by atoms with E-state index in [9.17, 15) is 9.59 Å². The van der Waals surface area contributed by atoms with Crippen LogP contribution < -0.4 is 16.4 Å². The maximum absolute atomic E-state index is 12.7. The average Bonchev–Trinajstić information content (AvgIpc) is 2.71. The number of unbranched alkanes of at least 4 members (excludes halogenated alkanes) is 1. The molecule has 0 aromatic heterocycles. The molecule has 0 aliphatic heterocycles. The molecule has 0 spiro atoms. The molecule has 2 amide bonds. The third-order valence-electron chi connectivity index (χ3n) is 4.48. The summed E-state index contributed by atoms with van der Waals surface area (Å²) < 4.78 is 5.29. The van der Waals surface area contributed by atoms with Crippen LogP contribution in [-0.2, 0) is 16.1 Å². The maximum atomic E-state index is 12.7. The number of alkyl carbamates (subject to hydrolysis) is 1. The van der Waals surface area contributed by atoms with Gasteiger partial charge in [-0.05, 0) is 63.3 Å². The molecule has 0 radical (unpaired) electrons. The van der Waals surface area contributed by atoms with E-state index in [1.54, 1.807) is 20.8 Å². The highest BCUT2D eigenvalue weighted by atomic mass is 16.6. The number of amides is 2. The Morgan fingerprint density at radius 2 is 1.60 bits per heavy atom. The molecule has 2 rings (SSSR count). The first-order chi connectivity index (χ1) is 14.3. The molecule has 30 heavy (non-hydrogen) atoms. The highest BCUT2D eigenvalue weighted by molar-refractivity contribution is 5.85. The number of hydrogen-bond donors (Lipinski definition) is 3. The molecule has 0 heterocycles. The minimum atomic E-state index is -0.657. The quantitative estimate of drug-likeness (QED) is 0.544. The highest BCUT2D eigenvalue weighted by Crippen LogP contribution is 2.19. The van der Waals surface area contributed by atoms with E-state index in [1.807, 2.05) is 42.5 Å². The Hall–Kier alpha value is -2.86. The van der Waals surface area contributed by atoms with Crippen molar-refractivity contribution in [3.63, 3.8) is 0 Å². The van der Waals surface area contributed by atoms with Crippen molar-refractivity contribution in [2.24, 2.45) is 5.73 Å². The van der Waals surface area contributed by atoms with Crippen LogP contribution >= 0.6 is 0 Å². The van der Waals surface area contributed by atoms with Crippen LogP contribution in [0.4, 0.5) is 4.79 Å². The monoisotopic (exact) mass is 411 g/mol. The van der Waals surface area contributed by atoms with Crippen LogP contribution in [0, 0.1) is 0 Å². The normalized spacial score (nSPS) is 12.1. The fourth-order valence-corrected chi connectivity index (χ4v) is 2.97. The first kappa shape index (κ1) is 23.4. The Morgan fingerprint density at radius 3 is 2.20 bits per heavy atom. The van der Waals surface area contributed by atoms with Gasteiger partial charge in [0, 0.05) is 6.54 Å². The van der Waals surface area contributed by atoms with Crippen LogP contribution in [0.2, 0.25) is 0 Å². The highest BCUT2D eigenvalue weighted by Gasteiger charge is 2.23. The summed E-state index contributed by atoms with van der Waals surface area (Å²) in [6, 6.07) is 17.5. The van der Waals surface area contributed by atoms with Crippen molar-refractivity contribution in [3.8, 4) is 11.1 Å². The molecule has 162 valence electrons. The summed E-state index contributed by atoms with van der Waals surface area (Å²) in [4.78, 5) is 24.8. The summed E-state index contributed by atoms with van der Waals surface area (Å²) >= 11 is 0. The second kappa shape index (κ2) is 11.4. The molecule has 0 aliphatic carbocycles. The lowest BCUT2D eigenvalue weighted by atomic mass is 10.0. The van der Waals surface area contributed by atoms with E-state index in [0.717, 1.165) is 29.5 Å². The van der Waals surface area contributed by atoms with Gasteiger partial charge in [-0.2, -0.15) is 0 Å². The van der Waals surface area contributed by atoms with Gasteiger partial charge in [0.1, 0.15) is 11.6 Å². The Morgan fingerprint density at radius 1 is 0.967 bits per heavy atom. The Bertz CT molecular complexity index is 799. The van der Waals surface area contributed by atoms with Gasteiger partial charge in [0.25, 0.3) is 0 Å². The van der Waals surface area contributed by atoms with Gasteiger partial charge >= 0.3 is 6.09 Å². The zero-order valence-corrected chi connectivity index (χ0v) is 18.1. The lowest BCUT2D eigenvalue weighted by Gasteiger charge is -2.23. The molecule has 6 heteroatoms. The van der Waals surface area contributed by atoms with E-state index >= 15 is 0 Å². The van der Waals surface area contributed by atoms with Gasteiger partial charge in [0.2, 0.25) is 5.91 Å². The summed E-state index contributed by atoms with van der Waals surface area (Å²) in [5.74, 6) is -0.231. The van der Waals surface area contributed by atoms with E-state index in [1.165, 1.54) is 0 Å². The van der Waals surface area contributed by atoms with Gasteiger partial charge in [-0.25, -0.2) is 4.79 Å². The maximum Gasteiger partial charge on any atom is 0.408 e. The number of carbonyl (C=O) groups excluding carboxylic acids is 2. The molecule has 0 bridgehead atoms. The summed E-state index contributed by atoms with van der Waals surface area (Å²) in [7, 11) is 0. The first-order valence-electron chi connectivity index (χ1n) is 10.4. The zero-order valence-electron chi connectivity index (χ0n) is 18.1. The standard InChI is InChI=1S/C24H33N3O3/c1-24(2,3)30-23(29)27-21(11-7-8-16-25)22(28)26-17-18-12-14-20(15-13-18)19-9-5-4-6-10-19/h4-6,9-10,12-15,21H,7-8,11,16-17,25H2,1-3H3,(H,26,28)(H,27,29). The van der Waals surface area contributed by atoms with Crippen LogP contribution in [0.15, 0.2) is 54.6 Å². The minimum absolute atomic E-state index is 0.231. The summed E-state index contributed by atoms with van der Waals surface area (Å²) in [6.45, 7) is 6.30. The predicted octanol–water partition coefficient (Wildman–Crippen LogP) is 3.99. The van der Waals surface area contributed by atoms with Gasteiger partial charge in [0.05, 0.1) is 0 Å². The second-order valence-electron chi connectivity index (χ2n) is 8.26. The minimum Gasteiger partial charge on any atom is -0.444 e. The molecule has 0 saturated heterocycles. The van der Waals surface area contributed by atoms with E-state index < -0.39 is 17.7 Å².